The zero-order chi connectivity index (χ0) is 15.0. The van der Waals surface area contributed by atoms with Gasteiger partial charge in [0, 0.05) is 10.7 Å². The predicted molar refractivity (Wildman–Crippen MR) is 83.4 cm³/mol. The molecule has 0 unspecified atom stereocenters. The fraction of sp³-hybridized carbons (Fsp3) is 0. The Balaban J connectivity index is 2.05. The number of H-pyrrole nitrogens is 1. The molecule has 7 heteroatoms. The van der Waals surface area contributed by atoms with Crippen LogP contribution in [0.5, 0.6) is 0 Å². The van der Waals surface area contributed by atoms with Gasteiger partial charge in [0.1, 0.15) is 0 Å². The van der Waals surface area contributed by atoms with E-state index in [4.69, 9.17) is 23.2 Å². The topological polar surface area (TPSA) is 66.9 Å². The van der Waals surface area contributed by atoms with Gasteiger partial charge >= 0.3 is 6.03 Å². The third-order valence-corrected chi connectivity index (χ3v) is 3.45. The van der Waals surface area contributed by atoms with Crippen molar-refractivity contribution in [3.8, 4) is 0 Å². The molecule has 1 amide bonds. The van der Waals surface area contributed by atoms with E-state index in [1.54, 1.807) is 24.3 Å². The smallest absolute Gasteiger partial charge is 0.306 e. The van der Waals surface area contributed by atoms with Gasteiger partial charge in [-0.05, 0) is 24.3 Å². The van der Waals surface area contributed by atoms with E-state index in [-0.39, 0.29) is 10.4 Å². The van der Waals surface area contributed by atoms with Gasteiger partial charge in [-0.15, -0.1) is 0 Å². The van der Waals surface area contributed by atoms with Crippen LogP contribution in [0.2, 0.25) is 10.0 Å². The Morgan fingerprint density at radius 1 is 1.14 bits per heavy atom. The molecule has 0 aliphatic rings. The number of nitrogens with zero attached hydrogens (tertiary/aromatic N) is 1. The van der Waals surface area contributed by atoms with Gasteiger partial charge < -0.3 is 5.32 Å². The minimum atomic E-state index is -0.602. The third-order valence-electron chi connectivity index (χ3n) is 2.93. The second kappa shape index (κ2) is 5.27. The molecule has 3 rings (SSSR count). The number of aromatic amines is 1. The lowest BCUT2D eigenvalue weighted by atomic mass is 10.2. The number of aromatic nitrogens is 2. The number of hydrogen-bond donors (Lipinski definition) is 2. The zero-order valence-electron chi connectivity index (χ0n) is 10.6. The number of carbonyl (C=O) groups excluding carboxylic acids is 1. The maximum atomic E-state index is 12.2. The second-order valence-corrected chi connectivity index (χ2v) is 5.20. The molecular formula is C14H9Cl2N3O2. The van der Waals surface area contributed by atoms with E-state index in [1.165, 1.54) is 12.1 Å². The zero-order valence-corrected chi connectivity index (χ0v) is 12.1. The van der Waals surface area contributed by atoms with Crippen molar-refractivity contribution >= 4 is 45.8 Å². The van der Waals surface area contributed by atoms with Crippen molar-refractivity contribution in [2.45, 2.75) is 0 Å². The molecule has 5 nitrogen and oxygen atoms in total. The summed E-state index contributed by atoms with van der Waals surface area (Å²) in [4.78, 5) is 24.4. The fourth-order valence-corrected chi connectivity index (χ4v) is 2.58. The van der Waals surface area contributed by atoms with Crippen molar-refractivity contribution in [2.75, 3.05) is 5.32 Å². The van der Waals surface area contributed by atoms with Crippen LogP contribution in [-0.2, 0) is 0 Å². The highest BCUT2D eigenvalue weighted by Crippen LogP contribution is 2.24. The van der Waals surface area contributed by atoms with Gasteiger partial charge in [-0.1, -0.05) is 41.4 Å². The van der Waals surface area contributed by atoms with E-state index in [1.807, 2.05) is 6.07 Å². The van der Waals surface area contributed by atoms with Crippen molar-refractivity contribution < 1.29 is 4.79 Å². The van der Waals surface area contributed by atoms with E-state index in [0.717, 1.165) is 4.68 Å². The number of fused-ring (bicyclic) bond motifs is 1. The summed E-state index contributed by atoms with van der Waals surface area (Å²) in [7, 11) is 0. The average Bonchev–Trinajstić information content (AvgIpc) is 2.77. The Bertz CT molecular complexity index is 884. The number of hydrogen-bond acceptors (Lipinski definition) is 2. The van der Waals surface area contributed by atoms with E-state index < -0.39 is 11.6 Å². The first-order valence-electron chi connectivity index (χ1n) is 6.02. The van der Waals surface area contributed by atoms with E-state index >= 15 is 0 Å². The third kappa shape index (κ3) is 2.53. The number of anilines is 1. The Labute approximate surface area is 129 Å². The van der Waals surface area contributed by atoms with Gasteiger partial charge in [0.05, 0.1) is 15.9 Å². The number of halogens is 2. The lowest BCUT2D eigenvalue weighted by molar-refractivity contribution is 0.250. The molecule has 0 aliphatic carbocycles. The van der Waals surface area contributed by atoms with Crippen molar-refractivity contribution in [1.29, 1.82) is 0 Å². The Morgan fingerprint density at radius 3 is 2.57 bits per heavy atom. The number of benzene rings is 2. The molecule has 0 radical (unpaired) electrons. The molecule has 2 aromatic carbocycles. The van der Waals surface area contributed by atoms with Crippen molar-refractivity contribution in [2.24, 2.45) is 0 Å². The normalized spacial score (nSPS) is 10.8. The minimum Gasteiger partial charge on any atom is -0.306 e. The van der Waals surface area contributed by atoms with Crippen LogP contribution in [-0.4, -0.2) is 15.8 Å². The van der Waals surface area contributed by atoms with Crippen LogP contribution in [0, 0.1) is 0 Å². The van der Waals surface area contributed by atoms with Gasteiger partial charge in [-0.25, -0.2) is 4.79 Å². The van der Waals surface area contributed by atoms with Crippen LogP contribution in [0.4, 0.5) is 10.5 Å². The van der Waals surface area contributed by atoms with E-state index in [0.29, 0.717) is 16.2 Å². The fourth-order valence-electron chi connectivity index (χ4n) is 2.01. The number of nitrogens with one attached hydrogen (secondary N) is 2. The van der Waals surface area contributed by atoms with E-state index in [2.05, 4.69) is 10.4 Å². The van der Waals surface area contributed by atoms with Gasteiger partial charge in [-0.2, -0.15) is 4.68 Å². The van der Waals surface area contributed by atoms with Crippen LogP contribution >= 0.6 is 23.2 Å². The van der Waals surface area contributed by atoms with Crippen molar-refractivity contribution in [3.05, 3.63) is 62.9 Å². The largest absolute Gasteiger partial charge is 0.348 e. The molecule has 1 heterocycles. The molecular weight excluding hydrogens is 313 g/mol. The predicted octanol–water partition coefficient (Wildman–Crippen LogP) is 3.72. The van der Waals surface area contributed by atoms with Crippen molar-refractivity contribution in [3.63, 3.8) is 0 Å². The molecule has 0 aliphatic heterocycles. The summed E-state index contributed by atoms with van der Waals surface area (Å²) in [6.45, 7) is 0. The lowest BCUT2D eigenvalue weighted by Crippen LogP contribution is -2.29. The van der Waals surface area contributed by atoms with Gasteiger partial charge in [0.2, 0.25) is 0 Å². The Kier molecular flexibility index (Phi) is 3.45. The van der Waals surface area contributed by atoms with Crippen molar-refractivity contribution in [1.82, 2.24) is 9.78 Å². The SMILES string of the molecule is O=C(Nc1ccccc1)n1[nH]c2cc(Cl)cc(Cl)c2c1=O. The molecule has 0 bridgehead atoms. The van der Waals surface area contributed by atoms with Crippen LogP contribution in [0.3, 0.4) is 0 Å². The monoisotopic (exact) mass is 321 g/mol. The molecule has 0 fully saturated rings. The molecule has 0 saturated heterocycles. The first-order chi connectivity index (χ1) is 10.1. The molecule has 1 aromatic heterocycles. The first-order valence-corrected chi connectivity index (χ1v) is 6.78. The van der Waals surface area contributed by atoms with E-state index in [9.17, 15) is 9.59 Å². The maximum absolute atomic E-state index is 12.2. The van der Waals surface area contributed by atoms with Gasteiger partial charge in [0.25, 0.3) is 5.56 Å². The van der Waals surface area contributed by atoms with Crippen LogP contribution in [0.1, 0.15) is 0 Å². The summed E-state index contributed by atoms with van der Waals surface area (Å²) in [6, 6.07) is 11.2. The number of amides is 1. The van der Waals surface area contributed by atoms with Gasteiger partial charge in [0.15, 0.2) is 0 Å². The number of carbonyl (C=O) groups is 1. The quantitative estimate of drug-likeness (QED) is 0.717. The van der Waals surface area contributed by atoms with Gasteiger partial charge in [-0.3, -0.25) is 9.89 Å². The Morgan fingerprint density at radius 2 is 1.86 bits per heavy atom. The highest BCUT2D eigenvalue weighted by Gasteiger charge is 2.16. The molecule has 0 atom stereocenters. The Hall–Kier alpha value is -2.24. The van der Waals surface area contributed by atoms with Crippen LogP contribution in [0.25, 0.3) is 10.9 Å². The number of para-hydroxylation sites is 1. The summed E-state index contributed by atoms with van der Waals surface area (Å²) in [5.74, 6) is 0. The summed E-state index contributed by atoms with van der Waals surface area (Å²) in [5.41, 5.74) is 0.456. The second-order valence-electron chi connectivity index (χ2n) is 4.36. The standard InChI is InChI=1S/C14H9Cl2N3O2/c15-8-6-10(16)12-11(7-8)18-19(13(12)20)14(21)17-9-4-2-1-3-5-9/h1-7,18H,(H,17,21). The first kappa shape index (κ1) is 13.7. The highest BCUT2D eigenvalue weighted by atomic mass is 35.5. The lowest BCUT2D eigenvalue weighted by Gasteiger charge is -2.03. The molecule has 21 heavy (non-hydrogen) atoms. The summed E-state index contributed by atoms with van der Waals surface area (Å²) in [5, 5.41) is 6.10. The number of rotatable bonds is 1. The molecule has 3 aromatic rings. The highest BCUT2D eigenvalue weighted by molar-refractivity contribution is 6.38. The summed E-state index contributed by atoms with van der Waals surface area (Å²) >= 11 is 11.9. The molecule has 0 saturated carbocycles. The van der Waals surface area contributed by atoms with Crippen LogP contribution < -0.4 is 10.9 Å². The molecule has 106 valence electrons. The summed E-state index contributed by atoms with van der Waals surface area (Å²) in [6.07, 6.45) is 0. The average molecular weight is 322 g/mol. The maximum Gasteiger partial charge on any atom is 0.348 e. The van der Waals surface area contributed by atoms with Crippen LogP contribution in [0.15, 0.2) is 47.3 Å². The molecule has 2 N–H and O–H groups in total. The summed E-state index contributed by atoms with van der Waals surface area (Å²) < 4.78 is 0.861. The minimum absolute atomic E-state index is 0.199. The molecule has 0 spiro atoms.